The first-order valence-electron chi connectivity index (χ1n) is 13.4. The highest BCUT2D eigenvalue weighted by molar-refractivity contribution is 6.02. The molecular weight excluding hydrogens is 492 g/mol. The number of nitrogens with two attached hydrogens (primary N) is 1. The fourth-order valence-electron chi connectivity index (χ4n) is 5.28. The van der Waals surface area contributed by atoms with E-state index in [0.29, 0.717) is 19.4 Å². The maximum atomic E-state index is 12.3. The van der Waals surface area contributed by atoms with Gasteiger partial charge >= 0.3 is 0 Å². The Labute approximate surface area is 228 Å². The van der Waals surface area contributed by atoms with Gasteiger partial charge in [0.1, 0.15) is 5.56 Å². The van der Waals surface area contributed by atoms with E-state index in [1.807, 2.05) is 0 Å². The van der Waals surface area contributed by atoms with Crippen LogP contribution in [0.2, 0.25) is 0 Å². The lowest BCUT2D eigenvalue weighted by atomic mass is 9.84. The molecule has 1 saturated heterocycles. The van der Waals surface area contributed by atoms with Crippen molar-refractivity contribution < 1.29 is 14.3 Å². The Kier molecular flexibility index (Phi) is 7.77. The van der Waals surface area contributed by atoms with Gasteiger partial charge in [-0.1, -0.05) is 42.5 Å². The summed E-state index contributed by atoms with van der Waals surface area (Å²) in [7, 11) is 1.70. The van der Waals surface area contributed by atoms with Crippen LogP contribution in [-0.4, -0.2) is 46.7 Å². The average molecular weight is 527 g/mol. The fourth-order valence-corrected chi connectivity index (χ4v) is 5.28. The number of piperidine rings is 1. The second-order valence-electron chi connectivity index (χ2n) is 10.6. The number of likely N-dealkylation sites (tertiary alicyclic amines) is 1. The van der Waals surface area contributed by atoms with E-state index in [2.05, 4.69) is 69.9 Å². The van der Waals surface area contributed by atoms with Crippen molar-refractivity contribution in [1.29, 1.82) is 5.26 Å². The van der Waals surface area contributed by atoms with Crippen molar-refractivity contribution in [2.45, 2.75) is 50.8 Å². The Balaban J connectivity index is 1.26. The van der Waals surface area contributed by atoms with Gasteiger partial charge in [0.2, 0.25) is 5.91 Å². The minimum absolute atomic E-state index is 0.0259. The van der Waals surface area contributed by atoms with Crippen LogP contribution in [0, 0.1) is 17.2 Å². The molecule has 0 bridgehead atoms. The summed E-state index contributed by atoms with van der Waals surface area (Å²) >= 11 is 0. The second kappa shape index (κ2) is 11.4. The number of ether oxygens (including phenoxy) is 1. The summed E-state index contributed by atoms with van der Waals surface area (Å²) in [4.78, 5) is 26.8. The summed E-state index contributed by atoms with van der Waals surface area (Å²) in [6.45, 7) is 2.95. The van der Waals surface area contributed by atoms with E-state index in [-0.39, 0.29) is 29.6 Å². The van der Waals surface area contributed by atoms with Crippen molar-refractivity contribution in [3.8, 4) is 17.2 Å². The maximum absolute atomic E-state index is 12.3. The normalized spacial score (nSPS) is 16.9. The molecule has 1 saturated carbocycles. The molecule has 2 amide bonds. The number of benzene rings is 2. The van der Waals surface area contributed by atoms with E-state index in [1.54, 1.807) is 18.0 Å². The molecule has 2 fully saturated rings. The van der Waals surface area contributed by atoms with Gasteiger partial charge < -0.3 is 15.8 Å². The lowest BCUT2D eigenvalue weighted by Crippen LogP contribution is -2.46. The van der Waals surface area contributed by atoms with Crippen molar-refractivity contribution in [3.63, 3.8) is 0 Å². The van der Waals surface area contributed by atoms with Gasteiger partial charge in [-0.25, -0.2) is 0 Å². The van der Waals surface area contributed by atoms with E-state index >= 15 is 0 Å². The number of carbonyl (C=O) groups excluding carboxylic acids is 2. The lowest BCUT2D eigenvalue weighted by molar-refractivity contribution is -0.117. The van der Waals surface area contributed by atoms with Crippen LogP contribution in [0.3, 0.4) is 0 Å². The Morgan fingerprint density at radius 2 is 1.87 bits per heavy atom. The third kappa shape index (κ3) is 6.03. The van der Waals surface area contributed by atoms with Crippen LogP contribution in [0.15, 0.2) is 54.7 Å². The van der Waals surface area contributed by atoms with Gasteiger partial charge in [0, 0.05) is 38.9 Å². The van der Waals surface area contributed by atoms with Gasteiger partial charge in [-0.15, -0.1) is 0 Å². The van der Waals surface area contributed by atoms with Crippen LogP contribution < -0.4 is 11.1 Å². The predicted octanol–water partition coefficient (Wildman–Crippen LogP) is 4.05. The Bertz CT molecular complexity index is 1380. The van der Waals surface area contributed by atoms with Gasteiger partial charge in [-0.05, 0) is 54.0 Å². The number of methoxy groups -OCH3 is 1. The zero-order valence-electron chi connectivity index (χ0n) is 22.2. The number of primary amides is 1. The molecule has 0 atom stereocenters. The third-order valence-corrected chi connectivity index (χ3v) is 7.78. The van der Waals surface area contributed by atoms with E-state index in [0.717, 1.165) is 49.2 Å². The lowest BCUT2D eigenvalue weighted by Gasteiger charge is -2.40. The standard InChI is InChI=1S/C30H34N6O3/c1-39-20-22-3-2-4-25(17-22)23-7-5-21(6-8-23)18-35-15-12-30(11-14-31,13-16-35)36-19-26(27(32)37)28(34-36)33-29(38)24-9-10-24/h2-8,17,19,24H,9-13,15-16,18,20H2,1H3,(H2,32,37)(H,33,34,38). The maximum Gasteiger partial charge on any atom is 0.254 e. The van der Waals surface area contributed by atoms with Gasteiger partial charge in [-0.3, -0.25) is 19.2 Å². The molecule has 3 aromatic rings. The van der Waals surface area contributed by atoms with Crippen molar-refractivity contribution in [3.05, 3.63) is 71.4 Å². The number of rotatable bonds is 10. The summed E-state index contributed by atoms with van der Waals surface area (Å²) in [6, 6.07) is 19.3. The topological polar surface area (TPSA) is 126 Å². The molecule has 9 heteroatoms. The molecule has 39 heavy (non-hydrogen) atoms. The monoisotopic (exact) mass is 526 g/mol. The number of hydrogen-bond acceptors (Lipinski definition) is 6. The molecule has 0 unspecified atom stereocenters. The quantitative estimate of drug-likeness (QED) is 0.410. The molecule has 2 aromatic carbocycles. The first kappa shape index (κ1) is 26.6. The first-order chi connectivity index (χ1) is 18.9. The van der Waals surface area contributed by atoms with Gasteiger partial charge in [0.05, 0.1) is 24.6 Å². The number of carbonyl (C=O) groups is 2. The van der Waals surface area contributed by atoms with E-state index in [9.17, 15) is 14.9 Å². The molecule has 2 aliphatic rings. The highest BCUT2D eigenvalue weighted by atomic mass is 16.5. The molecule has 1 aliphatic carbocycles. The molecule has 2 heterocycles. The summed E-state index contributed by atoms with van der Waals surface area (Å²) < 4.78 is 6.96. The minimum Gasteiger partial charge on any atom is -0.380 e. The van der Waals surface area contributed by atoms with Crippen LogP contribution in [0.1, 0.15) is 53.6 Å². The SMILES string of the molecule is COCc1cccc(-c2ccc(CN3CCC(CC#N)(n4cc(C(N)=O)c(NC(=O)C5CC5)n4)CC3)cc2)c1. The van der Waals surface area contributed by atoms with Crippen LogP contribution in [-0.2, 0) is 28.2 Å². The number of aromatic nitrogens is 2. The smallest absolute Gasteiger partial charge is 0.254 e. The van der Waals surface area contributed by atoms with E-state index in [1.165, 1.54) is 5.56 Å². The molecule has 3 N–H and O–H groups in total. The van der Waals surface area contributed by atoms with Gasteiger partial charge in [-0.2, -0.15) is 10.4 Å². The molecule has 1 aromatic heterocycles. The molecule has 9 nitrogen and oxygen atoms in total. The highest BCUT2D eigenvalue weighted by Crippen LogP contribution is 2.36. The first-order valence-corrected chi connectivity index (χ1v) is 13.4. The van der Waals surface area contributed by atoms with Gasteiger partial charge in [0.15, 0.2) is 5.82 Å². The molecular formula is C30H34N6O3. The molecule has 202 valence electrons. The number of nitriles is 1. The van der Waals surface area contributed by atoms with Gasteiger partial charge in [0.25, 0.3) is 5.91 Å². The van der Waals surface area contributed by atoms with Crippen LogP contribution in [0.4, 0.5) is 5.82 Å². The number of amides is 2. The molecule has 0 spiro atoms. The van der Waals surface area contributed by atoms with E-state index in [4.69, 9.17) is 10.5 Å². The average Bonchev–Trinajstić information content (AvgIpc) is 3.71. The number of hydrogen-bond donors (Lipinski definition) is 2. The molecule has 5 rings (SSSR count). The molecule has 1 aliphatic heterocycles. The number of nitrogens with zero attached hydrogens (tertiary/aromatic N) is 4. The summed E-state index contributed by atoms with van der Waals surface area (Å²) in [5.74, 6) is -0.625. The predicted molar refractivity (Wildman–Crippen MR) is 147 cm³/mol. The third-order valence-electron chi connectivity index (χ3n) is 7.78. The largest absolute Gasteiger partial charge is 0.380 e. The van der Waals surface area contributed by atoms with Crippen LogP contribution in [0.5, 0.6) is 0 Å². The van der Waals surface area contributed by atoms with Crippen molar-refractivity contribution in [2.75, 3.05) is 25.5 Å². The van der Waals surface area contributed by atoms with Crippen LogP contribution >= 0.6 is 0 Å². The minimum atomic E-state index is -0.647. The zero-order valence-corrected chi connectivity index (χ0v) is 22.2. The Morgan fingerprint density at radius 1 is 1.13 bits per heavy atom. The highest BCUT2D eigenvalue weighted by Gasteiger charge is 2.39. The summed E-state index contributed by atoms with van der Waals surface area (Å²) in [5.41, 5.74) is 9.91. The number of anilines is 1. The Morgan fingerprint density at radius 3 is 2.51 bits per heavy atom. The fraction of sp³-hybridized carbons (Fsp3) is 0.400. The summed E-state index contributed by atoms with van der Waals surface area (Å²) in [6.07, 6.45) is 4.93. The van der Waals surface area contributed by atoms with Crippen molar-refractivity contribution in [2.24, 2.45) is 11.7 Å². The Hall–Kier alpha value is -4.00. The van der Waals surface area contributed by atoms with Crippen LogP contribution in [0.25, 0.3) is 11.1 Å². The number of nitrogens with one attached hydrogen (secondary N) is 1. The second-order valence-corrected chi connectivity index (χ2v) is 10.6. The zero-order chi connectivity index (χ0) is 27.4. The molecule has 0 radical (unpaired) electrons. The van der Waals surface area contributed by atoms with Crippen molar-refractivity contribution in [1.82, 2.24) is 14.7 Å². The van der Waals surface area contributed by atoms with E-state index < -0.39 is 11.4 Å². The van der Waals surface area contributed by atoms with Crippen molar-refractivity contribution >= 4 is 17.6 Å². The summed E-state index contributed by atoms with van der Waals surface area (Å²) in [5, 5.41) is 17.0.